The van der Waals surface area contributed by atoms with Gasteiger partial charge in [-0.05, 0) is 30.4 Å². The van der Waals surface area contributed by atoms with E-state index in [-0.39, 0.29) is 17.9 Å². The number of amides is 2. The lowest BCUT2D eigenvalue weighted by molar-refractivity contribution is -0.121. The lowest BCUT2D eigenvalue weighted by Crippen LogP contribution is -2.28. The molecule has 2 N–H and O–H groups in total. The average Bonchev–Trinajstić information content (AvgIpc) is 3.06. The van der Waals surface area contributed by atoms with Crippen molar-refractivity contribution >= 4 is 23.2 Å². The quantitative estimate of drug-likeness (QED) is 0.771. The maximum Gasteiger partial charge on any atom is 0.252 e. The average molecular weight is 316 g/mol. The molecule has 0 saturated carbocycles. The van der Waals surface area contributed by atoms with Crippen molar-refractivity contribution < 1.29 is 9.59 Å². The molecule has 0 aliphatic carbocycles. The first kappa shape index (κ1) is 16.2. The van der Waals surface area contributed by atoms with Crippen molar-refractivity contribution in [2.24, 2.45) is 0 Å². The van der Waals surface area contributed by atoms with Crippen molar-refractivity contribution in [1.29, 1.82) is 0 Å². The van der Waals surface area contributed by atoms with Crippen LogP contribution < -0.4 is 10.6 Å². The van der Waals surface area contributed by atoms with Gasteiger partial charge in [0.05, 0.1) is 6.04 Å². The standard InChI is InChI=1S/C17H20N2O2S/c1-13(14-6-3-2-4-7-14)19-16(20)8-5-10-18-17(21)15-9-11-22-12-15/h2-4,6-7,9,11-13H,5,8,10H2,1H3,(H,18,21)(H,19,20)/t13-/m0/s1. The summed E-state index contributed by atoms with van der Waals surface area (Å²) in [5.74, 6) is -0.0829. The van der Waals surface area contributed by atoms with Gasteiger partial charge in [0.1, 0.15) is 0 Å². The molecule has 0 saturated heterocycles. The smallest absolute Gasteiger partial charge is 0.252 e. The van der Waals surface area contributed by atoms with Gasteiger partial charge in [0, 0.05) is 23.9 Å². The summed E-state index contributed by atoms with van der Waals surface area (Å²) in [4.78, 5) is 23.6. The molecule has 1 aromatic carbocycles. The van der Waals surface area contributed by atoms with Crippen molar-refractivity contribution in [3.63, 3.8) is 0 Å². The van der Waals surface area contributed by atoms with Crippen LogP contribution in [0.1, 0.15) is 41.7 Å². The largest absolute Gasteiger partial charge is 0.352 e. The summed E-state index contributed by atoms with van der Waals surface area (Å²) in [6.45, 7) is 2.47. The summed E-state index contributed by atoms with van der Waals surface area (Å²) >= 11 is 1.49. The molecular formula is C17H20N2O2S. The topological polar surface area (TPSA) is 58.2 Å². The first-order valence-corrected chi connectivity index (χ1v) is 8.26. The highest BCUT2D eigenvalue weighted by Gasteiger charge is 2.09. The molecule has 1 atom stereocenters. The Hall–Kier alpha value is -2.14. The molecule has 1 heterocycles. The molecule has 0 aliphatic rings. The van der Waals surface area contributed by atoms with E-state index in [9.17, 15) is 9.59 Å². The number of nitrogens with one attached hydrogen (secondary N) is 2. The van der Waals surface area contributed by atoms with Gasteiger partial charge in [-0.15, -0.1) is 0 Å². The van der Waals surface area contributed by atoms with Crippen LogP contribution in [0.4, 0.5) is 0 Å². The Labute approximate surface area is 134 Å². The highest BCUT2D eigenvalue weighted by Crippen LogP contribution is 2.11. The number of benzene rings is 1. The van der Waals surface area contributed by atoms with Crippen LogP contribution in [0.2, 0.25) is 0 Å². The molecular weight excluding hydrogens is 296 g/mol. The highest BCUT2D eigenvalue weighted by atomic mass is 32.1. The molecule has 4 nitrogen and oxygen atoms in total. The summed E-state index contributed by atoms with van der Waals surface area (Å²) < 4.78 is 0. The van der Waals surface area contributed by atoms with Gasteiger partial charge >= 0.3 is 0 Å². The van der Waals surface area contributed by atoms with E-state index in [0.29, 0.717) is 24.9 Å². The number of thiophene rings is 1. The molecule has 0 bridgehead atoms. The van der Waals surface area contributed by atoms with Crippen molar-refractivity contribution in [3.8, 4) is 0 Å². The molecule has 2 aromatic rings. The van der Waals surface area contributed by atoms with Crippen molar-refractivity contribution in [1.82, 2.24) is 10.6 Å². The number of hydrogen-bond acceptors (Lipinski definition) is 3. The van der Waals surface area contributed by atoms with Crippen LogP contribution >= 0.6 is 11.3 Å². The van der Waals surface area contributed by atoms with Crippen LogP contribution in [0.3, 0.4) is 0 Å². The zero-order valence-corrected chi connectivity index (χ0v) is 13.4. The van der Waals surface area contributed by atoms with E-state index in [2.05, 4.69) is 10.6 Å². The number of carbonyl (C=O) groups excluding carboxylic acids is 2. The molecule has 0 spiro atoms. The van der Waals surface area contributed by atoms with Gasteiger partial charge in [0.15, 0.2) is 0 Å². The summed E-state index contributed by atoms with van der Waals surface area (Å²) in [7, 11) is 0. The lowest BCUT2D eigenvalue weighted by atomic mass is 10.1. The third-order valence-corrected chi connectivity index (χ3v) is 4.01. The van der Waals surface area contributed by atoms with E-state index >= 15 is 0 Å². The minimum absolute atomic E-state index is 0.00105. The second-order valence-electron chi connectivity index (χ2n) is 5.07. The molecule has 2 amide bonds. The van der Waals surface area contributed by atoms with E-state index in [1.807, 2.05) is 48.0 Å². The van der Waals surface area contributed by atoms with E-state index in [1.54, 1.807) is 6.07 Å². The van der Waals surface area contributed by atoms with Gasteiger partial charge in [0.2, 0.25) is 5.91 Å². The third kappa shape index (κ3) is 5.00. The van der Waals surface area contributed by atoms with Crippen molar-refractivity contribution in [3.05, 3.63) is 58.3 Å². The maximum atomic E-state index is 11.9. The van der Waals surface area contributed by atoms with Gasteiger partial charge in [-0.3, -0.25) is 9.59 Å². The van der Waals surface area contributed by atoms with Crippen LogP contribution in [-0.2, 0) is 4.79 Å². The number of carbonyl (C=O) groups is 2. The monoisotopic (exact) mass is 316 g/mol. The Morgan fingerprint density at radius 3 is 2.64 bits per heavy atom. The minimum Gasteiger partial charge on any atom is -0.352 e. The van der Waals surface area contributed by atoms with E-state index in [4.69, 9.17) is 0 Å². The van der Waals surface area contributed by atoms with Gasteiger partial charge in [0.25, 0.3) is 5.91 Å². The Bertz CT molecular complexity index is 596. The van der Waals surface area contributed by atoms with E-state index < -0.39 is 0 Å². The molecule has 2 rings (SSSR count). The zero-order valence-electron chi connectivity index (χ0n) is 12.5. The summed E-state index contributed by atoms with van der Waals surface area (Å²) in [6.07, 6.45) is 1.03. The molecule has 1 aromatic heterocycles. The Morgan fingerprint density at radius 1 is 1.18 bits per heavy atom. The lowest BCUT2D eigenvalue weighted by Gasteiger charge is -2.14. The fourth-order valence-electron chi connectivity index (χ4n) is 2.09. The summed E-state index contributed by atoms with van der Waals surface area (Å²) in [5, 5.41) is 9.45. The minimum atomic E-state index is -0.0840. The van der Waals surface area contributed by atoms with Crippen LogP contribution in [0, 0.1) is 0 Å². The Balaban J connectivity index is 1.65. The summed E-state index contributed by atoms with van der Waals surface area (Å²) in [6, 6.07) is 11.6. The van der Waals surface area contributed by atoms with Crippen molar-refractivity contribution in [2.75, 3.05) is 6.54 Å². The van der Waals surface area contributed by atoms with E-state index in [1.165, 1.54) is 11.3 Å². The first-order valence-electron chi connectivity index (χ1n) is 7.31. The number of hydrogen-bond donors (Lipinski definition) is 2. The van der Waals surface area contributed by atoms with Crippen LogP contribution in [-0.4, -0.2) is 18.4 Å². The second-order valence-corrected chi connectivity index (χ2v) is 5.85. The SMILES string of the molecule is C[C@H](NC(=O)CCCNC(=O)c1ccsc1)c1ccccc1. The normalized spacial score (nSPS) is 11.7. The predicted molar refractivity (Wildman–Crippen MR) is 88.9 cm³/mol. The van der Waals surface area contributed by atoms with Crippen LogP contribution in [0.5, 0.6) is 0 Å². The van der Waals surface area contributed by atoms with Gasteiger partial charge < -0.3 is 10.6 Å². The molecule has 0 radical (unpaired) electrons. The number of rotatable bonds is 7. The molecule has 0 fully saturated rings. The third-order valence-electron chi connectivity index (χ3n) is 3.33. The highest BCUT2D eigenvalue weighted by molar-refractivity contribution is 7.08. The molecule has 0 aliphatic heterocycles. The maximum absolute atomic E-state index is 11.9. The predicted octanol–water partition coefficient (Wildman–Crippen LogP) is 3.14. The first-order chi connectivity index (χ1) is 10.7. The van der Waals surface area contributed by atoms with Crippen LogP contribution in [0.15, 0.2) is 47.2 Å². The second kappa shape index (κ2) is 8.34. The van der Waals surface area contributed by atoms with E-state index in [0.717, 1.165) is 5.56 Å². The molecule has 0 unspecified atom stereocenters. The zero-order chi connectivity index (χ0) is 15.8. The van der Waals surface area contributed by atoms with Crippen molar-refractivity contribution in [2.45, 2.75) is 25.8 Å². The fourth-order valence-corrected chi connectivity index (χ4v) is 2.72. The Morgan fingerprint density at radius 2 is 1.95 bits per heavy atom. The Kier molecular flexibility index (Phi) is 6.15. The van der Waals surface area contributed by atoms with Gasteiger partial charge in [-0.1, -0.05) is 30.3 Å². The molecule has 22 heavy (non-hydrogen) atoms. The van der Waals surface area contributed by atoms with Gasteiger partial charge in [-0.25, -0.2) is 0 Å². The summed E-state index contributed by atoms with van der Waals surface area (Å²) in [5.41, 5.74) is 1.76. The molecule has 116 valence electrons. The van der Waals surface area contributed by atoms with Crippen LogP contribution in [0.25, 0.3) is 0 Å². The fraction of sp³-hybridized carbons (Fsp3) is 0.294. The molecule has 5 heteroatoms. The van der Waals surface area contributed by atoms with Gasteiger partial charge in [-0.2, -0.15) is 11.3 Å².